The number of carbonyl (C=O) groups excluding carboxylic acids is 1. The summed E-state index contributed by atoms with van der Waals surface area (Å²) in [5, 5.41) is 2.98. The van der Waals surface area contributed by atoms with Gasteiger partial charge in [0.15, 0.2) is 0 Å². The topological polar surface area (TPSA) is 72.2 Å². The standard InChI is InChI=1S/C16H24N2O2S/c1-12-3-2-4-15(9-12)21(20)11-16(19)18-14-7-5-13(10-17)6-8-14/h5-8,12,15H,2-4,9-11,17H2,1H3,(H,18,19). The SMILES string of the molecule is CC1CCCC(S(=O)CC(=O)Nc2ccc(CN)cc2)C1. The Kier molecular flexibility index (Phi) is 5.94. The van der Waals surface area contributed by atoms with Crippen LogP contribution in [0.15, 0.2) is 24.3 Å². The van der Waals surface area contributed by atoms with Crippen LogP contribution < -0.4 is 11.1 Å². The highest BCUT2D eigenvalue weighted by Gasteiger charge is 2.25. The van der Waals surface area contributed by atoms with Gasteiger partial charge in [-0.15, -0.1) is 0 Å². The van der Waals surface area contributed by atoms with Gasteiger partial charge in [0.1, 0.15) is 5.75 Å². The molecule has 1 aliphatic rings. The molecule has 5 heteroatoms. The molecule has 0 aromatic heterocycles. The Morgan fingerprint density at radius 3 is 2.67 bits per heavy atom. The summed E-state index contributed by atoms with van der Waals surface area (Å²) in [6, 6.07) is 7.42. The molecule has 0 bridgehead atoms. The van der Waals surface area contributed by atoms with E-state index in [1.165, 1.54) is 6.42 Å². The summed E-state index contributed by atoms with van der Waals surface area (Å²) >= 11 is 0. The molecule has 1 aromatic carbocycles. The average Bonchev–Trinajstić information content (AvgIpc) is 2.48. The number of hydrogen-bond donors (Lipinski definition) is 2. The molecule has 2 rings (SSSR count). The van der Waals surface area contributed by atoms with E-state index < -0.39 is 10.8 Å². The van der Waals surface area contributed by atoms with Crippen molar-refractivity contribution in [2.75, 3.05) is 11.1 Å². The number of amides is 1. The maximum absolute atomic E-state index is 12.3. The van der Waals surface area contributed by atoms with E-state index in [1.807, 2.05) is 24.3 Å². The summed E-state index contributed by atoms with van der Waals surface area (Å²) in [7, 11) is -1.07. The van der Waals surface area contributed by atoms with Gasteiger partial charge in [0, 0.05) is 28.3 Å². The molecule has 1 aliphatic carbocycles. The summed E-state index contributed by atoms with van der Waals surface area (Å²) in [5.74, 6) is 0.544. The van der Waals surface area contributed by atoms with Crippen molar-refractivity contribution in [1.29, 1.82) is 0 Å². The molecule has 4 nitrogen and oxygen atoms in total. The normalized spacial score (nSPS) is 23.5. The lowest BCUT2D eigenvalue weighted by Crippen LogP contribution is -2.29. The van der Waals surface area contributed by atoms with Crippen molar-refractivity contribution in [3.05, 3.63) is 29.8 Å². The Bertz CT molecular complexity index is 502. The van der Waals surface area contributed by atoms with Crippen LogP contribution in [-0.4, -0.2) is 21.1 Å². The van der Waals surface area contributed by atoms with Crippen LogP contribution in [0.5, 0.6) is 0 Å². The van der Waals surface area contributed by atoms with Gasteiger partial charge < -0.3 is 11.1 Å². The fourth-order valence-electron chi connectivity index (χ4n) is 2.79. The minimum atomic E-state index is -1.07. The fourth-order valence-corrected chi connectivity index (χ4v) is 4.32. The van der Waals surface area contributed by atoms with Gasteiger partial charge in [0.2, 0.25) is 5.91 Å². The van der Waals surface area contributed by atoms with Gasteiger partial charge in [-0.05, 0) is 36.5 Å². The van der Waals surface area contributed by atoms with Gasteiger partial charge in [-0.2, -0.15) is 0 Å². The van der Waals surface area contributed by atoms with Gasteiger partial charge in [0.05, 0.1) is 0 Å². The van der Waals surface area contributed by atoms with E-state index in [4.69, 9.17) is 5.73 Å². The third-order valence-electron chi connectivity index (χ3n) is 4.01. The van der Waals surface area contributed by atoms with Crippen molar-refractivity contribution in [3.63, 3.8) is 0 Å². The van der Waals surface area contributed by atoms with E-state index >= 15 is 0 Å². The van der Waals surface area contributed by atoms with Crippen molar-refractivity contribution < 1.29 is 9.00 Å². The summed E-state index contributed by atoms with van der Waals surface area (Å²) in [6.07, 6.45) is 4.30. The van der Waals surface area contributed by atoms with Crippen molar-refractivity contribution >= 4 is 22.4 Å². The van der Waals surface area contributed by atoms with Gasteiger partial charge in [-0.3, -0.25) is 9.00 Å². The zero-order chi connectivity index (χ0) is 15.2. The number of nitrogens with two attached hydrogens (primary N) is 1. The lowest BCUT2D eigenvalue weighted by atomic mass is 9.91. The zero-order valence-electron chi connectivity index (χ0n) is 12.5. The molecule has 1 saturated carbocycles. The lowest BCUT2D eigenvalue weighted by Gasteiger charge is -2.25. The first-order chi connectivity index (χ1) is 10.1. The predicted molar refractivity (Wildman–Crippen MR) is 87.4 cm³/mol. The second kappa shape index (κ2) is 7.71. The Balaban J connectivity index is 1.84. The highest BCUT2D eigenvalue weighted by atomic mass is 32.2. The predicted octanol–water partition coefficient (Wildman–Crippen LogP) is 2.41. The lowest BCUT2D eigenvalue weighted by molar-refractivity contribution is -0.113. The largest absolute Gasteiger partial charge is 0.326 e. The molecule has 1 amide bonds. The molecule has 0 radical (unpaired) electrons. The molecule has 3 atom stereocenters. The smallest absolute Gasteiger partial charge is 0.237 e. The van der Waals surface area contributed by atoms with Gasteiger partial charge in [-0.25, -0.2) is 0 Å². The van der Waals surface area contributed by atoms with Crippen LogP contribution in [0.1, 0.15) is 38.2 Å². The number of hydrogen-bond acceptors (Lipinski definition) is 3. The van der Waals surface area contributed by atoms with E-state index in [0.717, 1.165) is 30.5 Å². The molecule has 0 heterocycles. The van der Waals surface area contributed by atoms with Crippen LogP contribution in [0, 0.1) is 5.92 Å². The molecule has 3 N–H and O–H groups in total. The molecule has 21 heavy (non-hydrogen) atoms. The van der Waals surface area contributed by atoms with Gasteiger partial charge in [0.25, 0.3) is 0 Å². The first-order valence-corrected chi connectivity index (χ1v) is 8.92. The molecule has 0 saturated heterocycles. The van der Waals surface area contributed by atoms with E-state index in [0.29, 0.717) is 12.5 Å². The molecule has 1 fully saturated rings. The molecular weight excluding hydrogens is 284 g/mol. The number of carbonyl (C=O) groups is 1. The third-order valence-corrected chi connectivity index (χ3v) is 5.73. The highest BCUT2D eigenvalue weighted by molar-refractivity contribution is 7.86. The number of rotatable bonds is 5. The number of nitrogens with one attached hydrogen (secondary N) is 1. The monoisotopic (exact) mass is 308 g/mol. The van der Waals surface area contributed by atoms with E-state index in [2.05, 4.69) is 12.2 Å². The van der Waals surface area contributed by atoms with Crippen molar-refractivity contribution in [2.45, 2.75) is 44.4 Å². The van der Waals surface area contributed by atoms with Crippen LogP contribution in [0.25, 0.3) is 0 Å². The van der Waals surface area contributed by atoms with Crippen LogP contribution in [0.2, 0.25) is 0 Å². The summed E-state index contributed by atoms with van der Waals surface area (Å²) < 4.78 is 12.3. The molecule has 0 spiro atoms. The quantitative estimate of drug-likeness (QED) is 0.877. The Morgan fingerprint density at radius 1 is 1.33 bits per heavy atom. The van der Waals surface area contributed by atoms with Crippen molar-refractivity contribution in [1.82, 2.24) is 0 Å². The Hall–Kier alpha value is -1.20. The Morgan fingerprint density at radius 2 is 2.05 bits per heavy atom. The van der Waals surface area contributed by atoms with E-state index in [9.17, 15) is 9.00 Å². The molecular formula is C16H24N2O2S. The maximum Gasteiger partial charge on any atom is 0.237 e. The molecule has 1 aromatic rings. The van der Waals surface area contributed by atoms with Crippen LogP contribution >= 0.6 is 0 Å². The third kappa shape index (κ3) is 4.93. The summed E-state index contributed by atoms with van der Waals surface area (Å²) in [6.45, 7) is 2.68. The van der Waals surface area contributed by atoms with E-state index in [-0.39, 0.29) is 16.9 Å². The average molecular weight is 308 g/mol. The van der Waals surface area contributed by atoms with Crippen LogP contribution in [0.4, 0.5) is 5.69 Å². The van der Waals surface area contributed by atoms with Gasteiger partial charge in [-0.1, -0.05) is 31.9 Å². The fraction of sp³-hybridized carbons (Fsp3) is 0.562. The van der Waals surface area contributed by atoms with E-state index in [1.54, 1.807) is 0 Å². The van der Waals surface area contributed by atoms with Gasteiger partial charge >= 0.3 is 0 Å². The first kappa shape index (κ1) is 16.2. The molecule has 0 aliphatic heterocycles. The minimum absolute atomic E-state index is 0.0933. The number of benzene rings is 1. The minimum Gasteiger partial charge on any atom is -0.326 e. The highest BCUT2D eigenvalue weighted by Crippen LogP contribution is 2.27. The number of anilines is 1. The van der Waals surface area contributed by atoms with Crippen LogP contribution in [0.3, 0.4) is 0 Å². The molecule has 3 unspecified atom stereocenters. The van der Waals surface area contributed by atoms with Crippen molar-refractivity contribution in [3.8, 4) is 0 Å². The van der Waals surface area contributed by atoms with Crippen molar-refractivity contribution in [2.24, 2.45) is 11.7 Å². The summed E-state index contributed by atoms with van der Waals surface area (Å²) in [4.78, 5) is 12.0. The first-order valence-electron chi connectivity index (χ1n) is 7.54. The Labute approximate surface area is 129 Å². The zero-order valence-corrected chi connectivity index (χ0v) is 13.3. The maximum atomic E-state index is 12.3. The summed E-state index contributed by atoms with van der Waals surface area (Å²) in [5.41, 5.74) is 7.28. The second-order valence-corrected chi connectivity index (χ2v) is 7.58. The second-order valence-electron chi connectivity index (χ2n) is 5.87. The molecule has 116 valence electrons. The van der Waals surface area contributed by atoms with Crippen LogP contribution in [-0.2, 0) is 22.1 Å².